The lowest BCUT2D eigenvalue weighted by molar-refractivity contribution is -0.0412. The Hall–Kier alpha value is -2.68. The standard InChI is InChI=1S/C15H20O14/c1-7(17)4-25-13(19)29-15(21)27-9-6-24-10-8(5-23-11(9)10)26-14(20)28-12(18)22-3-2-16/h7-11,16-17H,2-6H2,1H3. The van der Waals surface area contributed by atoms with Gasteiger partial charge in [-0.1, -0.05) is 0 Å². The molecule has 0 radical (unpaired) electrons. The molecule has 2 saturated heterocycles. The molecule has 0 saturated carbocycles. The zero-order valence-corrected chi connectivity index (χ0v) is 15.2. The summed E-state index contributed by atoms with van der Waals surface area (Å²) in [6, 6.07) is 0. The summed E-state index contributed by atoms with van der Waals surface area (Å²) in [6.45, 7) is -0.0724. The smallest absolute Gasteiger partial charge is 0.431 e. The molecule has 5 atom stereocenters. The van der Waals surface area contributed by atoms with Gasteiger partial charge in [-0.25, -0.2) is 19.2 Å². The van der Waals surface area contributed by atoms with E-state index in [0.717, 1.165) is 0 Å². The lowest BCUT2D eigenvalue weighted by Crippen LogP contribution is -2.36. The Kier molecular flexibility index (Phi) is 8.38. The van der Waals surface area contributed by atoms with Gasteiger partial charge in [0.1, 0.15) is 25.4 Å². The fraction of sp³-hybridized carbons (Fsp3) is 0.733. The first-order valence-electron chi connectivity index (χ1n) is 8.42. The van der Waals surface area contributed by atoms with Crippen LogP contribution in [0.5, 0.6) is 0 Å². The molecule has 14 heteroatoms. The van der Waals surface area contributed by atoms with Gasteiger partial charge in [0, 0.05) is 0 Å². The molecule has 0 aromatic carbocycles. The van der Waals surface area contributed by atoms with Crippen LogP contribution in [-0.2, 0) is 37.9 Å². The topological polar surface area (TPSA) is 183 Å². The SMILES string of the molecule is CC(O)COC(=O)OC(=O)OC1COC2C(OC(=O)OC(=O)OCCO)COC12. The number of carbonyl (C=O) groups excluding carboxylic acids is 4. The summed E-state index contributed by atoms with van der Waals surface area (Å²) in [5.74, 6) is 0. The van der Waals surface area contributed by atoms with E-state index in [1.165, 1.54) is 6.92 Å². The Morgan fingerprint density at radius 2 is 1.38 bits per heavy atom. The van der Waals surface area contributed by atoms with Crippen LogP contribution in [0.15, 0.2) is 0 Å². The average molecular weight is 424 g/mol. The average Bonchev–Trinajstić information content (AvgIpc) is 3.21. The van der Waals surface area contributed by atoms with Gasteiger partial charge in [-0.2, -0.15) is 0 Å². The molecule has 2 N–H and O–H groups in total. The second-order valence-corrected chi connectivity index (χ2v) is 5.84. The Morgan fingerprint density at radius 3 is 1.83 bits per heavy atom. The maximum Gasteiger partial charge on any atom is 0.519 e. The van der Waals surface area contributed by atoms with Gasteiger partial charge in [-0.3, -0.25) is 0 Å². The molecular formula is C15H20O14. The van der Waals surface area contributed by atoms with Crippen LogP contribution >= 0.6 is 0 Å². The summed E-state index contributed by atoms with van der Waals surface area (Å²) in [6.07, 6.45) is -9.94. The van der Waals surface area contributed by atoms with Gasteiger partial charge in [-0.05, 0) is 6.92 Å². The van der Waals surface area contributed by atoms with E-state index in [4.69, 9.17) is 29.2 Å². The first-order chi connectivity index (χ1) is 13.8. The predicted octanol–water partition coefficient (Wildman–Crippen LogP) is -0.526. The van der Waals surface area contributed by atoms with E-state index in [2.05, 4.69) is 18.9 Å². The number of rotatable bonds is 6. The molecule has 0 spiro atoms. The fourth-order valence-corrected chi connectivity index (χ4v) is 2.44. The molecule has 2 fully saturated rings. The van der Waals surface area contributed by atoms with Gasteiger partial charge in [0.25, 0.3) is 0 Å². The molecule has 164 valence electrons. The molecule has 0 bridgehead atoms. The van der Waals surface area contributed by atoms with Crippen molar-refractivity contribution in [3.8, 4) is 0 Å². The number of aliphatic hydroxyl groups excluding tert-OH is 2. The van der Waals surface area contributed by atoms with Crippen LogP contribution in [0.3, 0.4) is 0 Å². The number of hydrogen-bond donors (Lipinski definition) is 2. The van der Waals surface area contributed by atoms with Crippen molar-refractivity contribution in [3.05, 3.63) is 0 Å². The largest absolute Gasteiger partial charge is 0.519 e. The highest BCUT2D eigenvalue weighted by atomic mass is 16.8. The first kappa shape index (κ1) is 22.6. The molecule has 2 aliphatic rings. The summed E-state index contributed by atoms with van der Waals surface area (Å²) in [4.78, 5) is 45.5. The minimum atomic E-state index is -1.37. The molecular weight excluding hydrogens is 404 g/mol. The van der Waals surface area contributed by atoms with E-state index in [0.29, 0.717) is 0 Å². The van der Waals surface area contributed by atoms with Crippen LogP contribution in [0, 0.1) is 0 Å². The van der Waals surface area contributed by atoms with Crippen molar-refractivity contribution in [1.82, 2.24) is 0 Å². The van der Waals surface area contributed by atoms with E-state index >= 15 is 0 Å². The maximum absolute atomic E-state index is 11.6. The lowest BCUT2D eigenvalue weighted by Gasteiger charge is -2.16. The fourth-order valence-electron chi connectivity index (χ4n) is 2.44. The highest BCUT2D eigenvalue weighted by molar-refractivity contribution is 5.77. The van der Waals surface area contributed by atoms with Crippen LogP contribution in [0.25, 0.3) is 0 Å². The zero-order chi connectivity index (χ0) is 21.4. The molecule has 5 unspecified atom stereocenters. The molecule has 0 aromatic heterocycles. The van der Waals surface area contributed by atoms with Crippen LogP contribution in [0.4, 0.5) is 19.2 Å². The predicted molar refractivity (Wildman–Crippen MR) is 83.7 cm³/mol. The third-order valence-electron chi connectivity index (χ3n) is 3.54. The van der Waals surface area contributed by atoms with E-state index in [1.807, 2.05) is 0 Å². The number of hydrogen-bond acceptors (Lipinski definition) is 14. The normalized spacial score (nSPS) is 26.0. The second kappa shape index (κ2) is 10.8. The first-order valence-corrected chi connectivity index (χ1v) is 8.42. The van der Waals surface area contributed by atoms with Crippen molar-refractivity contribution >= 4 is 24.6 Å². The number of ether oxygens (including phenoxy) is 8. The number of carbonyl (C=O) groups is 4. The third-order valence-corrected chi connectivity index (χ3v) is 3.54. The number of fused-ring (bicyclic) bond motifs is 1. The van der Waals surface area contributed by atoms with Crippen molar-refractivity contribution in [2.75, 3.05) is 33.0 Å². The van der Waals surface area contributed by atoms with Gasteiger partial charge in [0.15, 0.2) is 12.2 Å². The maximum atomic E-state index is 11.6. The van der Waals surface area contributed by atoms with Gasteiger partial charge in [0.2, 0.25) is 0 Å². The van der Waals surface area contributed by atoms with Crippen LogP contribution < -0.4 is 0 Å². The molecule has 2 rings (SSSR count). The quantitative estimate of drug-likeness (QED) is 0.315. The summed E-state index contributed by atoms with van der Waals surface area (Å²) in [5, 5.41) is 17.5. The molecule has 0 aromatic rings. The lowest BCUT2D eigenvalue weighted by atomic mass is 10.1. The summed E-state index contributed by atoms with van der Waals surface area (Å²) >= 11 is 0. The van der Waals surface area contributed by atoms with Crippen molar-refractivity contribution < 1.29 is 67.3 Å². The van der Waals surface area contributed by atoms with Crippen molar-refractivity contribution in [1.29, 1.82) is 0 Å². The molecule has 0 amide bonds. The molecule has 2 heterocycles. The van der Waals surface area contributed by atoms with Crippen LogP contribution in [-0.4, -0.2) is 98.4 Å². The minimum Gasteiger partial charge on any atom is -0.431 e. The van der Waals surface area contributed by atoms with Crippen LogP contribution in [0.1, 0.15) is 6.92 Å². The Labute approximate surface area is 163 Å². The Morgan fingerprint density at radius 1 is 0.897 bits per heavy atom. The van der Waals surface area contributed by atoms with Crippen LogP contribution in [0.2, 0.25) is 0 Å². The van der Waals surface area contributed by atoms with E-state index in [9.17, 15) is 19.2 Å². The van der Waals surface area contributed by atoms with E-state index in [1.54, 1.807) is 0 Å². The minimum absolute atomic E-state index is 0.137. The highest BCUT2D eigenvalue weighted by Gasteiger charge is 2.51. The molecule has 0 aliphatic carbocycles. The van der Waals surface area contributed by atoms with E-state index in [-0.39, 0.29) is 26.4 Å². The van der Waals surface area contributed by atoms with Crippen molar-refractivity contribution in [2.24, 2.45) is 0 Å². The van der Waals surface area contributed by atoms with Gasteiger partial charge in [-0.15, -0.1) is 0 Å². The van der Waals surface area contributed by atoms with Gasteiger partial charge in [0.05, 0.1) is 25.9 Å². The van der Waals surface area contributed by atoms with Gasteiger partial charge < -0.3 is 48.1 Å². The number of aliphatic hydroxyl groups is 2. The van der Waals surface area contributed by atoms with E-state index < -0.39 is 61.7 Å². The summed E-state index contributed by atoms with van der Waals surface area (Å²) in [7, 11) is 0. The Bertz CT molecular complexity index is 604. The Balaban J connectivity index is 1.75. The van der Waals surface area contributed by atoms with Crippen molar-refractivity contribution in [2.45, 2.75) is 37.4 Å². The van der Waals surface area contributed by atoms with Gasteiger partial charge >= 0.3 is 24.6 Å². The van der Waals surface area contributed by atoms with Crippen molar-refractivity contribution in [3.63, 3.8) is 0 Å². The monoisotopic (exact) mass is 424 g/mol. The molecule has 2 aliphatic heterocycles. The molecule has 29 heavy (non-hydrogen) atoms. The summed E-state index contributed by atoms with van der Waals surface area (Å²) in [5.41, 5.74) is 0. The zero-order valence-electron chi connectivity index (χ0n) is 15.2. The third kappa shape index (κ3) is 7.01. The molecule has 14 nitrogen and oxygen atoms in total. The second-order valence-electron chi connectivity index (χ2n) is 5.84. The highest BCUT2D eigenvalue weighted by Crippen LogP contribution is 2.31. The summed E-state index contributed by atoms with van der Waals surface area (Å²) < 4.78 is 37.8.